The maximum atomic E-state index is 13.2. The molecular formula is C22H31N3O6S. The number of anilines is 1. The number of aliphatic hydroxyl groups is 1. The largest absolute Gasteiger partial charge is 0.392 e. The van der Waals surface area contributed by atoms with Gasteiger partial charge in [0.05, 0.1) is 23.1 Å². The number of hydrogen-bond donors (Lipinski definition) is 2. The molecule has 3 heterocycles. The molecule has 2 fully saturated rings. The summed E-state index contributed by atoms with van der Waals surface area (Å²) in [6, 6.07) is 4.69. The average Bonchev–Trinajstić information content (AvgIpc) is 3.16. The van der Waals surface area contributed by atoms with Crippen LogP contribution in [-0.2, 0) is 30.6 Å². The van der Waals surface area contributed by atoms with E-state index in [1.165, 1.54) is 6.07 Å². The van der Waals surface area contributed by atoms with E-state index in [1.54, 1.807) is 17.0 Å². The predicted molar refractivity (Wildman–Crippen MR) is 118 cm³/mol. The summed E-state index contributed by atoms with van der Waals surface area (Å²) in [4.78, 5) is 29.1. The number of benzene rings is 1. The van der Waals surface area contributed by atoms with E-state index in [4.69, 9.17) is 4.74 Å². The maximum Gasteiger partial charge on any atom is 0.239 e. The van der Waals surface area contributed by atoms with Gasteiger partial charge in [-0.25, -0.2) is 8.42 Å². The molecule has 0 aromatic heterocycles. The highest BCUT2D eigenvalue weighted by Crippen LogP contribution is 2.29. The van der Waals surface area contributed by atoms with E-state index in [0.717, 1.165) is 25.8 Å². The molecule has 2 saturated heterocycles. The normalized spacial score (nSPS) is 24.6. The Kier molecular flexibility index (Phi) is 6.85. The SMILES string of the molecule is CN(C(=O)Cc1ccc2c(c1)NC(=O)CS2(=O)=O)C(CN1CC[C@H](O)C1)C1CCOCC1. The van der Waals surface area contributed by atoms with Crippen LogP contribution < -0.4 is 5.32 Å². The van der Waals surface area contributed by atoms with Crippen LogP contribution in [0.3, 0.4) is 0 Å². The van der Waals surface area contributed by atoms with Crippen LogP contribution in [0.5, 0.6) is 0 Å². The van der Waals surface area contributed by atoms with E-state index in [9.17, 15) is 23.1 Å². The lowest BCUT2D eigenvalue weighted by atomic mass is 9.90. The summed E-state index contributed by atoms with van der Waals surface area (Å²) in [6.07, 6.45) is 2.33. The van der Waals surface area contributed by atoms with Crippen molar-refractivity contribution < 1.29 is 27.9 Å². The van der Waals surface area contributed by atoms with Gasteiger partial charge in [0, 0.05) is 45.9 Å². The van der Waals surface area contributed by atoms with Gasteiger partial charge in [0.15, 0.2) is 9.84 Å². The quantitative estimate of drug-likeness (QED) is 0.620. The summed E-state index contributed by atoms with van der Waals surface area (Å²) >= 11 is 0. The second-order valence-electron chi connectivity index (χ2n) is 9.04. The minimum atomic E-state index is -3.64. The maximum absolute atomic E-state index is 13.2. The zero-order chi connectivity index (χ0) is 22.9. The number of nitrogens with one attached hydrogen (secondary N) is 1. The van der Waals surface area contributed by atoms with Gasteiger partial charge in [0.2, 0.25) is 11.8 Å². The smallest absolute Gasteiger partial charge is 0.239 e. The number of likely N-dealkylation sites (tertiary alicyclic amines) is 1. The molecule has 3 aliphatic heterocycles. The molecule has 0 bridgehead atoms. The minimum absolute atomic E-state index is 0.00871. The van der Waals surface area contributed by atoms with Crippen LogP contribution in [-0.4, -0.2) is 92.9 Å². The summed E-state index contributed by atoms with van der Waals surface area (Å²) in [5.41, 5.74) is 0.890. The lowest BCUT2D eigenvalue weighted by molar-refractivity contribution is -0.133. The molecule has 32 heavy (non-hydrogen) atoms. The zero-order valence-corrected chi connectivity index (χ0v) is 19.1. The van der Waals surface area contributed by atoms with Crippen LogP contribution in [0.1, 0.15) is 24.8 Å². The van der Waals surface area contributed by atoms with Gasteiger partial charge in [-0.05, 0) is 42.9 Å². The second-order valence-corrected chi connectivity index (χ2v) is 11.0. The number of hydrogen-bond acceptors (Lipinski definition) is 7. The van der Waals surface area contributed by atoms with E-state index in [2.05, 4.69) is 10.2 Å². The molecular weight excluding hydrogens is 434 g/mol. The molecule has 1 unspecified atom stereocenters. The molecule has 9 nitrogen and oxygen atoms in total. The van der Waals surface area contributed by atoms with Gasteiger partial charge in [-0.2, -0.15) is 0 Å². The molecule has 4 rings (SSSR count). The Morgan fingerprint density at radius 3 is 2.75 bits per heavy atom. The first-order valence-electron chi connectivity index (χ1n) is 11.1. The number of fused-ring (bicyclic) bond motifs is 1. The molecule has 1 aromatic rings. The number of β-amino-alcohol motifs (C(OH)–C–C–N with tert-alkyl or cyclic N) is 1. The van der Waals surface area contributed by atoms with Crippen molar-refractivity contribution in [2.75, 3.05) is 51.0 Å². The van der Waals surface area contributed by atoms with Gasteiger partial charge in [-0.3, -0.25) is 14.5 Å². The van der Waals surface area contributed by atoms with Gasteiger partial charge < -0.3 is 20.1 Å². The van der Waals surface area contributed by atoms with Crippen molar-refractivity contribution in [3.05, 3.63) is 23.8 Å². The number of amides is 2. The van der Waals surface area contributed by atoms with Gasteiger partial charge >= 0.3 is 0 Å². The van der Waals surface area contributed by atoms with Crippen LogP contribution in [0.25, 0.3) is 0 Å². The van der Waals surface area contributed by atoms with Crippen molar-refractivity contribution in [3.63, 3.8) is 0 Å². The molecule has 0 saturated carbocycles. The van der Waals surface area contributed by atoms with E-state index >= 15 is 0 Å². The van der Waals surface area contributed by atoms with Gasteiger partial charge in [-0.1, -0.05) is 6.07 Å². The third-order valence-corrected chi connectivity index (χ3v) is 8.39. The van der Waals surface area contributed by atoms with Crippen LogP contribution in [0.2, 0.25) is 0 Å². The number of aliphatic hydroxyl groups excluding tert-OH is 1. The van der Waals surface area contributed by atoms with E-state index in [1.807, 2.05) is 7.05 Å². The first-order chi connectivity index (χ1) is 15.2. The van der Waals surface area contributed by atoms with E-state index in [-0.39, 0.29) is 35.1 Å². The molecule has 0 aliphatic carbocycles. The summed E-state index contributed by atoms with van der Waals surface area (Å²) < 4.78 is 29.9. The van der Waals surface area contributed by atoms with E-state index in [0.29, 0.717) is 37.8 Å². The Bertz CT molecular complexity index is 976. The molecule has 1 aromatic carbocycles. The molecule has 176 valence electrons. The monoisotopic (exact) mass is 465 g/mol. The Labute approximate surface area is 188 Å². The van der Waals surface area contributed by atoms with Crippen molar-refractivity contribution >= 4 is 27.3 Å². The standard InChI is InChI=1S/C22H31N3O6S/c1-24(19(16-5-8-31-9-6-16)13-25-7-4-17(26)12-25)22(28)11-15-2-3-20-18(10-15)23-21(27)14-32(20,29)30/h2-3,10,16-17,19,26H,4-9,11-14H2,1H3,(H,23,27)/t17-,19?/m0/s1. The van der Waals surface area contributed by atoms with Crippen molar-refractivity contribution in [1.29, 1.82) is 0 Å². The van der Waals surface area contributed by atoms with Crippen molar-refractivity contribution in [2.24, 2.45) is 5.92 Å². The lowest BCUT2D eigenvalue weighted by Gasteiger charge is -2.39. The van der Waals surface area contributed by atoms with Crippen molar-refractivity contribution in [2.45, 2.75) is 42.7 Å². The minimum Gasteiger partial charge on any atom is -0.392 e. The molecule has 0 spiro atoms. The van der Waals surface area contributed by atoms with Crippen LogP contribution >= 0.6 is 0 Å². The highest BCUT2D eigenvalue weighted by Gasteiger charge is 2.34. The first-order valence-corrected chi connectivity index (χ1v) is 12.8. The average molecular weight is 466 g/mol. The predicted octanol–water partition coefficient (Wildman–Crippen LogP) is 0.275. The number of carbonyl (C=O) groups is 2. The third kappa shape index (κ3) is 5.14. The van der Waals surface area contributed by atoms with Crippen LogP contribution in [0.4, 0.5) is 5.69 Å². The Hall–Kier alpha value is -2.01. The number of likely N-dealkylation sites (N-methyl/N-ethyl adjacent to an activating group) is 1. The molecule has 0 radical (unpaired) electrons. The zero-order valence-electron chi connectivity index (χ0n) is 18.3. The number of rotatable bonds is 6. The molecule has 2 N–H and O–H groups in total. The van der Waals surface area contributed by atoms with Crippen molar-refractivity contribution in [3.8, 4) is 0 Å². The topological polar surface area (TPSA) is 116 Å². The fourth-order valence-corrected chi connectivity index (χ4v) is 6.20. The highest BCUT2D eigenvalue weighted by atomic mass is 32.2. The van der Waals surface area contributed by atoms with E-state index < -0.39 is 21.5 Å². The summed E-state index contributed by atoms with van der Waals surface area (Å²) in [5.74, 6) is -0.862. The van der Waals surface area contributed by atoms with Crippen LogP contribution in [0.15, 0.2) is 23.1 Å². The summed E-state index contributed by atoms with van der Waals surface area (Å²) in [6.45, 7) is 3.53. The second kappa shape index (κ2) is 9.46. The molecule has 3 aliphatic rings. The lowest BCUT2D eigenvalue weighted by Crippen LogP contribution is -2.50. The number of sulfone groups is 1. The van der Waals surface area contributed by atoms with Crippen molar-refractivity contribution in [1.82, 2.24) is 9.80 Å². The molecule has 2 amide bonds. The van der Waals surface area contributed by atoms with Gasteiger partial charge in [0.1, 0.15) is 5.75 Å². The highest BCUT2D eigenvalue weighted by molar-refractivity contribution is 7.92. The fourth-order valence-electron chi connectivity index (χ4n) is 4.91. The first kappa shape index (κ1) is 23.2. The van der Waals surface area contributed by atoms with Gasteiger partial charge in [-0.15, -0.1) is 0 Å². The summed E-state index contributed by atoms with van der Waals surface area (Å²) in [5, 5.41) is 12.5. The number of nitrogens with zero attached hydrogens (tertiary/aromatic N) is 2. The van der Waals surface area contributed by atoms with Crippen LogP contribution in [0, 0.1) is 5.92 Å². The number of carbonyl (C=O) groups excluding carboxylic acids is 2. The van der Waals surface area contributed by atoms with Gasteiger partial charge in [0.25, 0.3) is 0 Å². The number of ether oxygens (including phenoxy) is 1. The molecule has 2 atom stereocenters. The Balaban J connectivity index is 1.49. The Morgan fingerprint density at radius 1 is 1.31 bits per heavy atom. The Morgan fingerprint density at radius 2 is 2.06 bits per heavy atom. The molecule has 10 heteroatoms. The third-order valence-electron chi connectivity index (χ3n) is 6.72. The fraction of sp³-hybridized carbons (Fsp3) is 0.636. The summed E-state index contributed by atoms with van der Waals surface area (Å²) in [7, 11) is -1.82.